The second kappa shape index (κ2) is 6.47. The molecule has 6 heteroatoms. The second-order valence-electron chi connectivity index (χ2n) is 4.35. The Balaban J connectivity index is 2.08. The van der Waals surface area contributed by atoms with Gasteiger partial charge in [0.05, 0.1) is 4.90 Å². The lowest BCUT2D eigenvalue weighted by Gasteiger charge is -2.17. The minimum Gasteiger partial charge on any atom is -0.261 e. The molecule has 1 heterocycles. The fourth-order valence-corrected chi connectivity index (χ4v) is 3.16. The van der Waals surface area contributed by atoms with Crippen molar-refractivity contribution in [2.75, 3.05) is 13.6 Å². The topological polar surface area (TPSA) is 50.3 Å². The lowest BCUT2D eigenvalue weighted by Crippen LogP contribution is -2.29. The Hall–Kier alpha value is -1.24. The third-order valence-corrected chi connectivity index (χ3v) is 5.33. The van der Waals surface area contributed by atoms with E-state index >= 15 is 0 Å². The highest BCUT2D eigenvalue weighted by atomic mass is 79.9. The van der Waals surface area contributed by atoms with E-state index in [1.165, 1.54) is 4.31 Å². The van der Waals surface area contributed by atoms with Crippen LogP contribution in [0, 0.1) is 0 Å². The van der Waals surface area contributed by atoms with E-state index in [0.717, 1.165) is 10.2 Å². The standard InChI is InChI=1S/C14H15BrN2O2S/c1-17(11-9-13-4-2-3-10-16-13)20(18,19)14-7-5-12(15)6-8-14/h2-8,10H,9,11H2,1H3. The van der Waals surface area contributed by atoms with Gasteiger partial charge in [0, 0.05) is 36.4 Å². The van der Waals surface area contributed by atoms with Crippen LogP contribution >= 0.6 is 15.9 Å². The van der Waals surface area contributed by atoms with Crippen LogP contribution in [0.3, 0.4) is 0 Å². The van der Waals surface area contributed by atoms with Gasteiger partial charge in [-0.3, -0.25) is 4.98 Å². The molecule has 1 aromatic heterocycles. The number of hydrogen-bond acceptors (Lipinski definition) is 3. The number of rotatable bonds is 5. The van der Waals surface area contributed by atoms with Gasteiger partial charge in [-0.25, -0.2) is 12.7 Å². The highest BCUT2D eigenvalue weighted by Gasteiger charge is 2.20. The van der Waals surface area contributed by atoms with E-state index in [1.54, 1.807) is 37.5 Å². The first-order valence-corrected chi connectivity index (χ1v) is 8.35. The molecule has 106 valence electrons. The molecule has 0 aliphatic carbocycles. The summed E-state index contributed by atoms with van der Waals surface area (Å²) in [7, 11) is -1.86. The van der Waals surface area contributed by atoms with Crippen molar-refractivity contribution in [2.24, 2.45) is 0 Å². The number of hydrogen-bond donors (Lipinski definition) is 0. The Morgan fingerprint density at radius 1 is 1.15 bits per heavy atom. The number of aromatic nitrogens is 1. The predicted molar refractivity (Wildman–Crippen MR) is 81.9 cm³/mol. The van der Waals surface area contributed by atoms with E-state index in [-0.39, 0.29) is 0 Å². The Bertz CT molecular complexity index is 657. The van der Waals surface area contributed by atoms with Gasteiger partial charge in [0.2, 0.25) is 10.0 Å². The Morgan fingerprint density at radius 2 is 1.85 bits per heavy atom. The molecule has 0 unspecified atom stereocenters. The number of halogens is 1. The van der Waals surface area contributed by atoms with Crippen molar-refractivity contribution >= 4 is 26.0 Å². The highest BCUT2D eigenvalue weighted by molar-refractivity contribution is 9.10. The first kappa shape index (κ1) is 15.2. The van der Waals surface area contributed by atoms with Crippen LogP contribution in [0.5, 0.6) is 0 Å². The van der Waals surface area contributed by atoms with Gasteiger partial charge in [0.15, 0.2) is 0 Å². The van der Waals surface area contributed by atoms with E-state index in [4.69, 9.17) is 0 Å². The molecule has 0 saturated heterocycles. The van der Waals surface area contributed by atoms with E-state index < -0.39 is 10.0 Å². The van der Waals surface area contributed by atoms with Crippen LogP contribution in [0.4, 0.5) is 0 Å². The zero-order valence-corrected chi connectivity index (χ0v) is 13.4. The van der Waals surface area contributed by atoms with Crippen molar-refractivity contribution in [3.05, 3.63) is 58.8 Å². The van der Waals surface area contributed by atoms with Crippen LogP contribution in [-0.2, 0) is 16.4 Å². The number of likely N-dealkylation sites (N-methyl/N-ethyl adjacent to an activating group) is 1. The molecule has 0 aliphatic rings. The minimum absolute atomic E-state index is 0.296. The molecule has 20 heavy (non-hydrogen) atoms. The molecule has 1 aromatic carbocycles. The summed E-state index contributed by atoms with van der Waals surface area (Å²) in [5.74, 6) is 0. The first-order valence-electron chi connectivity index (χ1n) is 6.12. The molecule has 0 bridgehead atoms. The number of benzene rings is 1. The molecule has 0 aliphatic heterocycles. The molecule has 2 aromatic rings. The summed E-state index contributed by atoms with van der Waals surface area (Å²) < 4.78 is 26.9. The molecule has 0 spiro atoms. The average molecular weight is 355 g/mol. The summed E-state index contributed by atoms with van der Waals surface area (Å²) in [5.41, 5.74) is 0.880. The van der Waals surface area contributed by atoms with Gasteiger partial charge in [0.25, 0.3) is 0 Å². The SMILES string of the molecule is CN(CCc1ccccn1)S(=O)(=O)c1ccc(Br)cc1. The predicted octanol–water partition coefficient (Wildman–Crippen LogP) is 2.71. The molecule has 2 rings (SSSR count). The van der Waals surface area contributed by atoms with Crippen molar-refractivity contribution in [3.63, 3.8) is 0 Å². The fraction of sp³-hybridized carbons (Fsp3) is 0.214. The summed E-state index contributed by atoms with van der Waals surface area (Å²) in [4.78, 5) is 4.48. The quantitative estimate of drug-likeness (QED) is 0.829. The van der Waals surface area contributed by atoms with E-state index in [2.05, 4.69) is 20.9 Å². The third kappa shape index (κ3) is 3.65. The maximum atomic E-state index is 12.4. The molecule has 4 nitrogen and oxygen atoms in total. The Kier molecular flexibility index (Phi) is 4.91. The van der Waals surface area contributed by atoms with Gasteiger partial charge in [-0.05, 0) is 36.4 Å². The van der Waals surface area contributed by atoms with Crippen molar-refractivity contribution in [1.29, 1.82) is 0 Å². The van der Waals surface area contributed by atoms with Gasteiger partial charge in [-0.2, -0.15) is 0 Å². The lowest BCUT2D eigenvalue weighted by atomic mass is 10.3. The molecule has 0 fully saturated rings. The van der Waals surface area contributed by atoms with Crippen LogP contribution in [0.25, 0.3) is 0 Å². The van der Waals surface area contributed by atoms with Gasteiger partial charge in [-0.1, -0.05) is 22.0 Å². The van der Waals surface area contributed by atoms with Crippen LogP contribution in [0.1, 0.15) is 5.69 Å². The van der Waals surface area contributed by atoms with Gasteiger partial charge < -0.3 is 0 Å². The first-order chi connectivity index (χ1) is 9.50. The average Bonchev–Trinajstić information content (AvgIpc) is 2.46. The molecule has 0 saturated carbocycles. The zero-order valence-electron chi connectivity index (χ0n) is 11.0. The normalized spacial score (nSPS) is 11.8. The van der Waals surface area contributed by atoms with Gasteiger partial charge in [0.1, 0.15) is 0 Å². The molecule has 0 amide bonds. The van der Waals surface area contributed by atoms with Crippen molar-refractivity contribution in [2.45, 2.75) is 11.3 Å². The number of nitrogens with zero attached hydrogens (tertiary/aromatic N) is 2. The fourth-order valence-electron chi connectivity index (χ4n) is 1.72. The summed E-state index contributed by atoms with van der Waals surface area (Å²) in [5, 5.41) is 0. The van der Waals surface area contributed by atoms with Gasteiger partial charge in [-0.15, -0.1) is 0 Å². The maximum absolute atomic E-state index is 12.4. The third-order valence-electron chi connectivity index (χ3n) is 2.93. The van der Waals surface area contributed by atoms with Crippen LogP contribution in [0.2, 0.25) is 0 Å². The van der Waals surface area contributed by atoms with Gasteiger partial charge >= 0.3 is 0 Å². The minimum atomic E-state index is -3.44. The summed E-state index contributed by atoms with van der Waals surface area (Å²) in [6, 6.07) is 12.3. The monoisotopic (exact) mass is 354 g/mol. The maximum Gasteiger partial charge on any atom is 0.242 e. The molecule has 0 radical (unpaired) electrons. The summed E-state index contributed by atoms with van der Waals surface area (Å²) in [6.45, 7) is 0.398. The lowest BCUT2D eigenvalue weighted by molar-refractivity contribution is 0.471. The molecule has 0 N–H and O–H groups in total. The zero-order chi connectivity index (χ0) is 14.6. The summed E-state index contributed by atoms with van der Waals surface area (Å²) >= 11 is 3.29. The van der Waals surface area contributed by atoms with Crippen LogP contribution in [-0.4, -0.2) is 31.3 Å². The highest BCUT2D eigenvalue weighted by Crippen LogP contribution is 2.18. The smallest absolute Gasteiger partial charge is 0.242 e. The van der Waals surface area contributed by atoms with Crippen molar-refractivity contribution in [1.82, 2.24) is 9.29 Å². The van der Waals surface area contributed by atoms with Crippen LogP contribution < -0.4 is 0 Å². The number of pyridine rings is 1. The Morgan fingerprint density at radius 3 is 2.45 bits per heavy atom. The van der Waals surface area contributed by atoms with E-state index in [9.17, 15) is 8.42 Å². The van der Waals surface area contributed by atoms with Crippen LogP contribution in [0.15, 0.2) is 58.0 Å². The molecular weight excluding hydrogens is 340 g/mol. The van der Waals surface area contributed by atoms with Crippen molar-refractivity contribution < 1.29 is 8.42 Å². The van der Waals surface area contributed by atoms with E-state index in [0.29, 0.717) is 17.9 Å². The number of sulfonamides is 1. The van der Waals surface area contributed by atoms with Crippen molar-refractivity contribution in [3.8, 4) is 0 Å². The summed E-state index contributed by atoms with van der Waals surface area (Å²) in [6.07, 6.45) is 2.30. The molecular formula is C14H15BrN2O2S. The van der Waals surface area contributed by atoms with E-state index in [1.807, 2.05) is 18.2 Å². The molecule has 0 atom stereocenters. The second-order valence-corrected chi connectivity index (χ2v) is 7.31. The Labute approximate surface area is 127 Å². The largest absolute Gasteiger partial charge is 0.261 e.